The van der Waals surface area contributed by atoms with Crippen LogP contribution < -0.4 is 0 Å². The quantitative estimate of drug-likeness (QED) is 0.542. The molecule has 2 aliphatic rings. The first kappa shape index (κ1) is 17.2. The van der Waals surface area contributed by atoms with Crippen LogP contribution in [0.4, 0.5) is 0 Å². The zero-order valence-corrected chi connectivity index (χ0v) is 14.7. The Labute approximate surface area is 134 Å². The fraction of sp³-hybridized carbons (Fsp3) is 0.789. The second-order valence-corrected chi connectivity index (χ2v) is 7.60. The largest absolute Gasteiger partial charge is 0.466 e. The number of carbonyl (C=O) groups excluding carboxylic acids is 2. The van der Waals surface area contributed by atoms with E-state index in [0.29, 0.717) is 12.5 Å². The van der Waals surface area contributed by atoms with Gasteiger partial charge in [-0.05, 0) is 43.1 Å². The third kappa shape index (κ3) is 2.53. The molecule has 2 aliphatic carbocycles. The van der Waals surface area contributed by atoms with E-state index in [-0.39, 0.29) is 28.5 Å². The highest BCUT2D eigenvalue weighted by atomic mass is 16.5. The fourth-order valence-electron chi connectivity index (χ4n) is 4.28. The van der Waals surface area contributed by atoms with Crippen molar-refractivity contribution in [2.75, 3.05) is 6.61 Å². The minimum absolute atomic E-state index is 0.000115. The van der Waals surface area contributed by atoms with Crippen molar-refractivity contribution in [2.24, 2.45) is 22.7 Å². The number of esters is 1. The maximum Gasteiger partial charge on any atom is 0.312 e. The van der Waals surface area contributed by atoms with Crippen molar-refractivity contribution >= 4 is 11.8 Å². The number of ketones is 1. The molecule has 0 radical (unpaired) electrons. The summed E-state index contributed by atoms with van der Waals surface area (Å²) < 4.78 is 5.21. The van der Waals surface area contributed by atoms with Crippen molar-refractivity contribution in [3.05, 3.63) is 11.6 Å². The number of Topliss-reactive ketones (excluding diaryl/α,β-unsaturated/α-hetero) is 1. The topological polar surface area (TPSA) is 43.4 Å². The molecule has 2 bridgehead atoms. The fourth-order valence-corrected chi connectivity index (χ4v) is 4.28. The Morgan fingerprint density at radius 2 is 2.05 bits per heavy atom. The van der Waals surface area contributed by atoms with Crippen LogP contribution in [0.25, 0.3) is 0 Å². The Morgan fingerprint density at radius 1 is 1.36 bits per heavy atom. The van der Waals surface area contributed by atoms with Gasteiger partial charge in [-0.2, -0.15) is 0 Å². The molecule has 0 aromatic heterocycles. The first-order valence-corrected chi connectivity index (χ1v) is 8.72. The molecule has 0 saturated heterocycles. The molecular formula is C19H30O3. The van der Waals surface area contributed by atoms with Crippen molar-refractivity contribution in [1.29, 1.82) is 0 Å². The number of allylic oxidation sites excluding steroid dienone is 1. The van der Waals surface area contributed by atoms with Crippen LogP contribution >= 0.6 is 0 Å². The Bertz CT molecular complexity index is 489. The number of unbranched alkanes of at least 4 members (excludes halogenated alkanes) is 1. The highest BCUT2D eigenvalue weighted by Crippen LogP contribution is 2.65. The number of fused-ring (bicyclic) bond motifs is 2. The molecule has 0 N–H and O–H groups in total. The monoisotopic (exact) mass is 306 g/mol. The van der Waals surface area contributed by atoms with Gasteiger partial charge in [-0.25, -0.2) is 0 Å². The minimum Gasteiger partial charge on any atom is -0.466 e. The van der Waals surface area contributed by atoms with Crippen LogP contribution in [0.1, 0.15) is 66.7 Å². The highest BCUT2D eigenvalue weighted by Gasteiger charge is 2.63. The molecule has 0 aliphatic heterocycles. The predicted octanol–water partition coefficient (Wildman–Crippen LogP) is 4.31. The summed E-state index contributed by atoms with van der Waals surface area (Å²) >= 11 is 0. The summed E-state index contributed by atoms with van der Waals surface area (Å²) in [6, 6.07) is 0. The number of hydrogen-bond donors (Lipinski definition) is 0. The molecule has 0 unspecified atom stereocenters. The van der Waals surface area contributed by atoms with E-state index < -0.39 is 0 Å². The molecule has 124 valence electrons. The smallest absolute Gasteiger partial charge is 0.312 e. The molecule has 0 amide bonds. The summed E-state index contributed by atoms with van der Waals surface area (Å²) in [5, 5.41) is 0. The zero-order valence-electron chi connectivity index (χ0n) is 14.7. The summed E-state index contributed by atoms with van der Waals surface area (Å²) in [6.45, 7) is 10.8. The van der Waals surface area contributed by atoms with Crippen molar-refractivity contribution in [3.63, 3.8) is 0 Å². The average Bonchev–Trinajstić information content (AvgIpc) is 2.77. The lowest BCUT2D eigenvalue weighted by atomic mass is 9.70. The van der Waals surface area contributed by atoms with Crippen molar-refractivity contribution in [3.8, 4) is 0 Å². The van der Waals surface area contributed by atoms with Gasteiger partial charge in [0, 0.05) is 5.41 Å². The van der Waals surface area contributed by atoms with Crippen LogP contribution in [-0.4, -0.2) is 18.4 Å². The molecule has 0 aromatic carbocycles. The van der Waals surface area contributed by atoms with Crippen LogP contribution in [0.15, 0.2) is 11.6 Å². The van der Waals surface area contributed by atoms with E-state index in [9.17, 15) is 9.59 Å². The van der Waals surface area contributed by atoms with Crippen LogP contribution in [0.5, 0.6) is 0 Å². The zero-order chi connectivity index (χ0) is 16.5. The number of hydrogen-bond acceptors (Lipinski definition) is 3. The van der Waals surface area contributed by atoms with Gasteiger partial charge >= 0.3 is 5.97 Å². The summed E-state index contributed by atoms with van der Waals surface area (Å²) in [6.07, 6.45) is 6.78. The van der Waals surface area contributed by atoms with Gasteiger partial charge in [-0.1, -0.05) is 46.6 Å². The molecule has 2 fully saturated rings. The molecule has 2 saturated carbocycles. The Kier molecular flexibility index (Phi) is 4.84. The lowest BCUT2D eigenvalue weighted by molar-refractivity contribution is -0.146. The van der Waals surface area contributed by atoms with E-state index in [2.05, 4.69) is 27.7 Å². The number of carbonyl (C=O) groups is 2. The average molecular weight is 306 g/mol. The van der Waals surface area contributed by atoms with Gasteiger partial charge < -0.3 is 4.74 Å². The summed E-state index contributed by atoms with van der Waals surface area (Å²) in [5.74, 6) is 0.114. The van der Waals surface area contributed by atoms with Gasteiger partial charge in [0.05, 0.1) is 12.5 Å². The van der Waals surface area contributed by atoms with Crippen molar-refractivity contribution < 1.29 is 14.3 Å². The summed E-state index contributed by atoms with van der Waals surface area (Å²) in [7, 11) is 0. The Morgan fingerprint density at radius 3 is 2.55 bits per heavy atom. The summed E-state index contributed by atoms with van der Waals surface area (Å²) in [4.78, 5) is 25.1. The highest BCUT2D eigenvalue weighted by molar-refractivity contribution is 6.05. The van der Waals surface area contributed by atoms with E-state index in [0.717, 1.165) is 37.7 Å². The van der Waals surface area contributed by atoms with Gasteiger partial charge in [-0.3, -0.25) is 9.59 Å². The maximum atomic E-state index is 12.9. The van der Waals surface area contributed by atoms with E-state index >= 15 is 0 Å². The lowest BCUT2D eigenvalue weighted by Crippen LogP contribution is -2.32. The second kappa shape index (κ2) is 6.17. The molecule has 0 heterocycles. The molecular weight excluding hydrogens is 276 g/mol. The van der Waals surface area contributed by atoms with Gasteiger partial charge in [0.25, 0.3) is 0 Å². The molecule has 3 nitrogen and oxygen atoms in total. The first-order chi connectivity index (χ1) is 10.3. The molecule has 3 atom stereocenters. The molecule has 0 spiro atoms. The van der Waals surface area contributed by atoms with Gasteiger partial charge in [0.2, 0.25) is 0 Å². The van der Waals surface area contributed by atoms with E-state index in [1.54, 1.807) is 0 Å². The molecule has 0 aromatic rings. The molecule has 2 rings (SSSR count). The summed E-state index contributed by atoms with van der Waals surface area (Å²) in [5.41, 5.74) is 0.640. The van der Waals surface area contributed by atoms with Crippen LogP contribution in [-0.2, 0) is 14.3 Å². The predicted molar refractivity (Wildman–Crippen MR) is 87.4 cm³/mol. The first-order valence-electron chi connectivity index (χ1n) is 8.72. The van der Waals surface area contributed by atoms with Crippen molar-refractivity contribution in [1.82, 2.24) is 0 Å². The van der Waals surface area contributed by atoms with Crippen LogP contribution in [0, 0.1) is 22.7 Å². The lowest BCUT2D eigenvalue weighted by Gasteiger charge is -2.31. The molecule has 3 heteroatoms. The van der Waals surface area contributed by atoms with Crippen molar-refractivity contribution in [2.45, 2.75) is 66.7 Å². The van der Waals surface area contributed by atoms with Crippen LogP contribution in [0.2, 0.25) is 0 Å². The Balaban J connectivity index is 2.29. The third-order valence-corrected chi connectivity index (χ3v) is 6.20. The minimum atomic E-state index is -0.266. The van der Waals surface area contributed by atoms with Gasteiger partial charge in [0.15, 0.2) is 5.78 Å². The SMILES string of the molecule is CCCC[C@H](/C=C1/C(=O)[C@]2(C)CC[C@@H]1C2(C)C)C(=O)OCC. The molecule has 22 heavy (non-hydrogen) atoms. The number of rotatable bonds is 6. The number of ether oxygens (including phenoxy) is 1. The van der Waals surface area contributed by atoms with E-state index in [4.69, 9.17) is 4.74 Å². The van der Waals surface area contributed by atoms with Crippen LogP contribution in [0.3, 0.4) is 0 Å². The van der Waals surface area contributed by atoms with Gasteiger partial charge in [-0.15, -0.1) is 0 Å². The standard InChI is InChI=1S/C19H30O3/c1-6-8-9-13(17(21)22-7-2)12-14-15-10-11-19(5,16(14)20)18(15,3)4/h12-13,15H,6-11H2,1-5H3/b14-12+/t13-,15+,19+/m1/s1. The van der Waals surface area contributed by atoms with E-state index in [1.165, 1.54) is 0 Å². The maximum absolute atomic E-state index is 12.9. The normalized spacial score (nSPS) is 32.5. The van der Waals surface area contributed by atoms with E-state index in [1.807, 2.05) is 13.0 Å². The Hall–Kier alpha value is -1.12. The van der Waals surface area contributed by atoms with Gasteiger partial charge in [0.1, 0.15) is 0 Å². The third-order valence-electron chi connectivity index (χ3n) is 6.20. The second-order valence-electron chi connectivity index (χ2n) is 7.60.